The number of carbonyl (C=O) groups excluding carboxylic acids is 3. The summed E-state index contributed by atoms with van der Waals surface area (Å²) in [5, 5.41) is 23.4. The Morgan fingerprint density at radius 2 is 2.08 bits per heavy atom. The first kappa shape index (κ1) is 27.8. The van der Waals surface area contributed by atoms with Gasteiger partial charge < -0.3 is 34.6 Å². The second kappa shape index (κ2) is 12.5. The molecule has 0 spiro atoms. The summed E-state index contributed by atoms with van der Waals surface area (Å²) >= 11 is 2.03. The lowest BCUT2D eigenvalue weighted by Crippen LogP contribution is -2.56. The Kier molecular flexibility index (Phi) is 9.43. The van der Waals surface area contributed by atoms with Gasteiger partial charge in [-0.3, -0.25) is 14.4 Å². The summed E-state index contributed by atoms with van der Waals surface area (Å²) in [6.07, 6.45) is 3.01. The molecule has 1 saturated carbocycles. The third-order valence-corrected chi connectivity index (χ3v) is 7.77. The van der Waals surface area contributed by atoms with Crippen molar-refractivity contribution in [3.63, 3.8) is 0 Å². The van der Waals surface area contributed by atoms with Crippen LogP contribution in [0, 0.1) is 15.4 Å². The van der Waals surface area contributed by atoms with Gasteiger partial charge in [0.25, 0.3) is 0 Å². The predicted octanol–water partition coefficient (Wildman–Crippen LogP) is 1.30. The molecule has 2 aliphatic carbocycles. The van der Waals surface area contributed by atoms with E-state index in [0.717, 1.165) is 12.8 Å². The second-order valence-corrected chi connectivity index (χ2v) is 10.8. The number of halogens is 1. The molecule has 2 amide bonds. The summed E-state index contributed by atoms with van der Waals surface area (Å²) in [5.74, 6) is 0.269. The molecule has 202 valence electrons. The molecule has 11 heteroatoms. The maximum atomic E-state index is 13.6. The SMILES string of the molecule is COc1cc(C=O)cc(I)c1O[C@H]1C=C(C(=O)NCCO)C[C@@H](N(CC2CC2)C(=O)C2CCOC2)[C@@H]1O. The van der Waals surface area contributed by atoms with Crippen molar-refractivity contribution in [2.45, 2.75) is 43.9 Å². The molecule has 3 aliphatic rings. The first-order chi connectivity index (χ1) is 17.9. The number of hydrogen-bond acceptors (Lipinski definition) is 8. The van der Waals surface area contributed by atoms with E-state index in [4.69, 9.17) is 14.2 Å². The number of amides is 2. The number of nitrogens with zero attached hydrogens (tertiary/aromatic N) is 1. The van der Waals surface area contributed by atoms with Gasteiger partial charge in [0.15, 0.2) is 11.5 Å². The molecule has 1 unspecified atom stereocenters. The molecule has 0 aromatic heterocycles. The highest BCUT2D eigenvalue weighted by Gasteiger charge is 2.44. The molecule has 10 nitrogen and oxygen atoms in total. The summed E-state index contributed by atoms with van der Waals surface area (Å²) in [6.45, 7) is 1.25. The van der Waals surface area contributed by atoms with Crippen molar-refractivity contribution >= 4 is 40.7 Å². The largest absolute Gasteiger partial charge is 0.493 e. The number of methoxy groups -OCH3 is 1. The summed E-state index contributed by atoms with van der Waals surface area (Å²) in [5.41, 5.74) is 0.777. The Labute approximate surface area is 229 Å². The summed E-state index contributed by atoms with van der Waals surface area (Å²) in [6, 6.07) is 2.50. The van der Waals surface area contributed by atoms with Crippen LogP contribution in [0.3, 0.4) is 0 Å². The number of ether oxygens (including phenoxy) is 3. The zero-order valence-corrected chi connectivity index (χ0v) is 22.9. The summed E-state index contributed by atoms with van der Waals surface area (Å²) < 4.78 is 17.7. The van der Waals surface area contributed by atoms with Gasteiger partial charge in [-0.15, -0.1) is 0 Å². The average Bonchev–Trinajstić information content (AvgIpc) is 3.56. The Balaban J connectivity index is 1.67. The Hall–Kier alpha value is -2.22. The molecular weight excluding hydrogens is 595 g/mol. The van der Waals surface area contributed by atoms with Crippen LogP contribution in [0.4, 0.5) is 0 Å². The maximum absolute atomic E-state index is 13.6. The van der Waals surface area contributed by atoms with E-state index < -0.39 is 18.2 Å². The van der Waals surface area contributed by atoms with Gasteiger partial charge in [0.2, 0.25) is 11.8 Å². The number of aliphatic hydroxyl groups excluding tert-OH is 2. The molecule has 3 N–H and O–H groups in total. The third-order valence-electron chi connectivity index (χ3n) is 6.97. The zero-order valence-electron chi connectivity index (χ0n) is 20.7. The minimum atomic E-state index is -1.12. The molecule has 37 heavy (non-hydrogen) atoms. The maximum Gasteiger partial charge on any atom is 0.247 e. The van der Waals surface area contributed by atoms with E-state index in [1.807, 2.05) is 22.6 Å². The van der Waals surface area contributed by atoms with Crippen LogP contribution in [0.1, 0.15) is 36.0 Å². The van der Waals surface area contributed by atoms with E-state index in [-0.39, 0.29) is 37.3 Å². The minimum Gasteiger partial charge on any atom is -0.493 e. The first-order valence-electron chi connectivity index (χ1n) is 12.5. The van der Waals surface area contributed by atoms with Crippen LogP contribution >= 0.6 is 22.6 Å². The van der Waals surface area contributed by atoms with Crippen LogP contribution in [0.2, 0.25) is 0 Å². The van der Waals surface area contributed by atoms with Crippen LogP contribution in [-0.2, 0) is 14.3 Å². The molecule has 1 aliphatic heterocycles. The number of benzene rings is 1. The van der Waals surface area contributed by atoms with E-state index in [9.17, 15) is 24.6 Å². The molecule has 1 saturated heterocycles. The molecule has 4 rings (SSSR count). The van der Waals surface area contributed by atoms with Crippen LogP contribution in [0.25, 0.3) is 0 Å². The normalized spacial score (nSPS) is 25.2. The van der Waals surface area contributed by atoms with Crippen LogP contribution in [-0.4, -0.2) is 91.5 Å². The van der Waals surface area contributed by atoms with Crippen molar-refractivity contribution in [3.8, 4) is 11.5 Å². The van der Waals surface area contributed by atoms with Gasteiger partial charge >= 0.3 is 0 Å². The summed E-state index contributed by atoms with van der Waals surface area (Å²) in [4.78, 5) is 39.6. The fourth-order valence-electron chi connectivity index (χ4n) is 4.77. The number of rotatable bonds is 11. The topological polar surface area (TPSA) is 135 Å². The molecule has 1 heterocycles. The van der Waals surface area contributed by atoms with Gasteiger partial charge in [-0.2, -0.15) is 0 Å². The Morgan fingerprint density at radius 3 is 2.70 bits per heavy atom. The highest BCUT2D eigenvalue weighted by molar-refractivity contribution is 14.1. The average molecular weight is 628 g/mol. The summed E-state index contributed by atoms with van der Waals surface area (Å²) in [7, 11) is 1.45. The number of nitrogens with one attached hydrogen (secondary N) is 1. The zero-order chi connectivity index (χ0) is 26.5. The lowest BCUT2D eigenvalue weighted by atomic mass is 9.87. The van der Waals surface area contributed by atoms with Crippen molar-refractivity contribution in [1.29, 1.82) is 0 Å². The molecule has 1 aromatic rings. The standard InChI is InChI=1S/C26H33IN2O8/c1-35-22-9-16(13-31)8-19(27)24(22)37-21-11-18(25(33)28-5-6-30)10-20(23(21)32)29(12-15-2-3-15)26(34)17-4-7-36-14-17/h8-9,11,13,15,17,20-21,23,30,32H,2-7,10,12,14H2,1H3,(H,28,33)/t17?,20-,21+,23+/m1/s1. The van der Waals surface area contributed by atoms with Crippen molar-refractivity contribution in [3.05, 3.63) is 32.9 Å². The fraction of sp³-hybridized carbons (Fsp3) is 0.577. The van der Waals surface area contributed by atoms with Gasteiger partial charge in [0.1, 0.15) is 18.5 Å². The predicted molar refractivity (Wildman–Crippen MR) is 141 cm³/mol. The number of aliphatic hydroxyl groups is 2. The quantitative estimate of drug-likeness (QED) is 0.247. The van der Waals surface area contributed by atoms with E-state index in [0.29, 0.717) is 64.6 Å². The van der Waals surface area contributed by atoms with E-state index in [1.165, 1.54) is 7.11 Å². The Morgan fingerprint density at radius 1 is 1.30 bits per heavy atom. The van der Waals surface area contributed by atoms with Crippen molar-refractivity contribution in [2.24, 2.45) is 11.8 Å². The molecule has 1 aromatic carbocycles. The number of hydrogen-bond donors (Lipinski definition) is 3. The number of carbonyl (C=O) groups is 3. The number of aldehydes is 1. The smallest absolute Gasteiger partial charge is 0.247 e. The molecule has 2 fully saturated rings. The minimum absolute atomic E-state index is 0.0771. The van der Waals surface area contributed by atoms with E-state index >= 15 is 0 Å². The fourth-order valence-corrected chi connectivity index (χ4v) is 5.52. The van der Waals surface area contributed by atoms with Crippen LogP contribution in [0.5, 0.6) is 11.5 Å². The third kappa shape index (κ3) is 6.62. The van der Waals surface area contributed by atoms with E-state index in [2.05, 4.69) is 5.32 Å². The van der Waals surface area contributed by atoms with Crippen molar-refractivity contribution < 1.29 is 38.8 Å². The lowest BCUT2D eigenvalue weighted by molar-refractivity contribution is -0.143. The molecule has 4 atom stereocenters. The molecular formula is C26H33IN2O8. The monoisotopic (exact) mass is 628 g/mol. The van der Waals surface area contributed by atoms with Gasteiger partial charge in [0.05, 0.1) is 35.9 Å². The highest BCUT2D eigenvalue weighted by Crippen LogP contribution is 2.38. The van der Waals surface area contributed by atoms with Crippen molar-refractivity contribution in [2.75, 3.05) is 40.0 Å². The van der Waals surface area contributed by atoms with Gasteiger partial charge in [-0.05, 0) is 66.0 Å². The van der Waals surface area contributed by atoms with Gasteiger partial charge in [-0.1, -0.05) is 0 Å². The van der Waals surface area contributed by atoms with Gasteiger partial charge in [-0.25, -0.2) is 0 Å². The first-order valence-corrected chi connectivity index (χ1v) is 13.6. The van der Waals surface area contributed by atoms with Gasteiger partial charge in [0, 0.05) is 37.3 Å². The second-order valence-electron chi connectivity index (χ2n) is 9.66. The van der Waals surface area contributed by atoms with Crippen LogP contribution in [0.15, 0.2) is 23.8 Å². The molecule has 0 radical (unpaired) electrons. The Bertz CT molecular complexity index is 1040. The molecule has 0 bridgehead atoms. The van der Waals surface area contributed by atoms with E-state index in [1.54, 1.807) is 23.1 Å². The van der Waals surface area contributed by atoms with Crippen molar-refractivity contribution in [1.82, 2.24) is 10.2 Å². The van der Waals surface area contributed by atoms with Crippen LogP contribution < -0.4 is 14.8 Å². The highest BCUT2D eigenvalue weighted by atomic mass is 127. The lowest BCUT2D eigenvalue weighted by Gasteiger charge is -2.41.